The summed E-state index contributed by atoms with van der Waals surface area (Å²) in [5.41, 5.74) is 2.66. The van der Waals surface area contributed by atoms with Gasteiger partial charge in [-0.15, -0.1) is 0 Å². The number of carbonyl (C=O) groups excluding carboxylic acids is 2. The molecule has 1 N–H and O–H groups in total. The molecule has 0 radical (unpaired) electrons. The molecule has 0 aromatic heterocycles. The van der Waals surface area contributed by atoms with Gasteiger partial charge in [0.2, 0.25) is 5.91 Å². The first-order valence-electron chi connectivity index (χ1n) is 9.92. The van der Waals surface area contributed by atoms with Crippen LogP contribution in [0.3, 0.4) is 0 Å². The van der Waals surface area contributed by atoms with Gasteiger partial charge in [0.1, 0.15) is 5.82 Å². The number of carbonyl (C=O) groups is 2. The van der Waals surface area contributed by atoms with Crippen molar-refractivity contribution in [1.29, 1.82) is 0 Å². The molecule has 2 amide bonds. The van der Waals surface area contributed by atoms with Crippen LogP contribution in [0.4, 0.5) is 4.39 Å². The van der Waals surface area contributed by atoms with Gasteiger partial charge in [0, 0.05) is 31.6 Å². The molecular formula is C23H27FN2O2. The van der Waals surface area contributed by atoms with Crippen molar-refractivity contribution >= 4 is 11.8 Å². The van der Waals surface area contributed by atoms with Gasteiger partial charge < -0.3 is 10.2 Å². The topological polar surface area (TPSA) is 49.4 Å². The minimum Gasteiger partial charge on any atom is -0.352 e. The lowest BCUT2D eigenvalue weighted by Crippen LogP contribution is -2.40. The zero-order chi connectivity index (χ0) is 19.9. The average molecular weight is 382 g/mol. The number of hydrogen-bond donors (Lipinski definition) is 1. The predicted octanol–water partition coefficient (Wildman–Crippen LogP) is 4.09. The molecule has 1 aliphatic rings. The summed E-state index contributed by atoms with van der Waals surface area (Å²) in [6.45, 7) is 2.57. The van der Waals surface area contributed by atoms with Crippen LogP contribution in [0.1, 0.15) is 54.1 Å². The second-order valence-corrected chi connectivity index (χ2v) is 7.42. The maximum Gasteiger partial charge on any atom is 0.254 e. The largest absolute Gasteiger partial charge is 0.352 e. The first-order valence-corrected chi connectivity index (χ1v) is 9.92. The highest BCUT2D eigenvalue weighted by molar-refractivity contribution is 5.94. The van der Waals surface area contributed by atoms with Crippen molar-refractivity contribution in [2.24, 2.45) is 0 Å². The molecule has 148 valence electrons. The number of amides is 2. The number of rotatable bonds is 7. The minimum atomic E-state index is -0.244. The second kappa shape index (κ2) is 9.49. The second-order valence-electron chi connectivity index (χ2n) is 7.42. The Kier molecular flexibility index (Phi) is 6.80. The highest BCUT2D eigenvalue weighted by atomic mass is 19.1. The van der Waals surface area contributed by atoms with Crippen molar-refractivity contribution in [3.8, 4) is 0 Å². The van der Waals surface area contributed by atoms with E-state index >= 15 is 0 Å². The van der Waals surface area contributed by atoms with Crippen molar-refractivity contribution < 1.29 is 14.0 Å². The molecule has 1 aliphatic carbocycles. The lowest BCUT2D eigenvalue weighted by atomic mass is 10.1. The van der Waals surface area contributed by atoms with Gasteiger partial charge in [0.05, 0.1) is 0 Å². The Hall–Kier alpha value is -2.69. The summed E-state index contributed by atoms with van der Waals surface area (Å²) in [7, 11) is 0. The Balaban J connectivity index is 1.69. The van der Waals surface area contributed by atoms with E-state index < -0.39 is 0 Å². The molecule has 4 nitrogen and oxygen atoms in total. The van der Waals surface area contributed by atoms with E-state index in [0.717, 1.165) is 36.8 Å². The molecule has 0 saturated heterocycles. The summed E-state index contributed by atoms with van der Waals surface area (Å²) >= 11 is 0. The summed E-state index contributed by atoms with van der Waals surface area (Å²) in [5, 5.41) is 2.76. The van der Waals surface area contributed by atoms with Gasteiger partial charge in [-0.25, -0.2) is 4.39 Å². The highest BCUT2D eigenvalue weighted by Crippen LogP contribution is 2.25. The summed E-state index contributed by atoms with van der Waals surface area (Å²) in [4.78, 5) is 26.2. The highest BCUT2D eigenvalue weighted by Gasteiger charge is 2.27. The van der Waals surface area contributed by atoms with Crippen LogP contribution in [0.15, 0.2) is 48.5 Å². The van der Waals surface area contributed by atoms with Crippen LogP contribution in [0, 0.1) is 5.82 Å². The van der Waals surface area contributed by atoms with Crippen molar-refractivity contribution in [2.75, 3.05) is 6.54 Å². The van der Waals surface area contributed by atoms with Gasteiger partial charge in [0.25, 0.3) is 5.91 Å². The number of nitrogens with one attached hydrogen (secondary N) is 1. The fourth-order valence-electron chi connectivity index (χ4n) is 3.72. The van der Waals surface area contributed by atoms with Crippen LogP contribution in [-0.2, 0) is 17.8 Å². The lowest BCUT2D eigenvalue weighted by Gasteiger charge is -2.29. The van der Waals surface area contributed by atoms with Gasteiger partial charge in [-0.05, 0) is 54.7 Å². The Labute approximate surface area is 165 Å². The fraction of sp³-hybridized carbons (Fsp3) is 0.391. The number of nitrogens with zero attached hydrogens (tertiary/aromatic N) is 1. The molecule has 0 atom stereocenters. The molecule has 1 saturated carbocycles. The van der Waals surface area contributed by atoms with E-state index in [9.17, 15) is 14.0 Å². The van der Waals surface area contributed by atoms with E-state index in [4.69, 9.17) is 0 Å². The molecule has 2 aromatic carbocycles. The quantitative estimate of drug-likeness (QED) is 0.784. The maximum absolute atomic E-state index is 13.2. The van der Waals surface area contributed by atoms with Crippen LogP contribution in [0.2, 0.25) is 0 Å². The SMILES string of the molecule is CC(=O)NCc1ccc(C(=O)N(CCc2ccc(F)cc2)C2CCCC2)cc1. The number of hydrogen-bond acceptors (Lipinski definition) is 2. The van der Waals surface area contributed by atoms with E-state index in [1.165, 1.54) is 19.1 Å². The van der Waals surface area contributed by atoms with Crippen LogP contribution in [0.25, 0.3) is 0 Å². The maximum atomic E-state index is 13.2. The molecular weight excluding hydrogens is 355 g/mol. The molecule has 0 aliphatic heterocycles. The van der Waals surface area contributed by atoms with Gasteiger partial charge in [0.15, 0.2) is 0 Å². The van der Waals surface area contributed by atoms with Crippen molar-refractivity contribution in [3.63, 3.8) is 0 Å². The molecule has 0 unspecified atom stereocenters. The first kappa shape index (κ1) is 20.1. The third-order valence-electron chi connectivity index (χ3n) is 5.32. The fourth-order valence-corrected chi connectivity index (χ4v) is 3.72. The molecule has 0 heterocycles. The molecule has 3 rings (SSSR count). The van der Waals surface area contributed by atoms with E-state index in [-0.39, 0.29) is 23.7 Å². The van der Waals surface area contributed by atoms with Crippen LogP contribution >= 0.6 is 0 Å². The summed E-state index contributed by atoms with van der Waals surface area (Å²) in [6.07, 6.45) is 5.09. The summed E-state index contributed by atoms with van der Waals surface area (Å²) in [5.74, 6) is -0.278. The van der Waals surface area contributed by atoms with Gasteiger partial charge in [-0.2, -0.15) is 0 Å². The first-order chi connectivity index (χ1) is 13.5. The third-order valence-corrected chi connectivity index (χ3v) is 5.32. The molecule has 0 spiro atoms. The van der Waals surface area contributed by atoms with Crippen molar-refractivity contribution in [1.82, 2.24) is 10.2 Å². The average Bonchev–Trinajstić information content (AvgIpc) is 3.22. The van der Waals surface area contributed by atoms with Gasteiger partial charge in [-0.1, -0.05) is 37.1 Å². The standard InChI is InChI=1S/C23H27FN2O2/c1-17(27)25-16-19-6-10-20(11-7-19)23(28)26(22-4-2-3-5-22)15-14-18-8-12-21(24)13-9-18/h6-13,22H,2-5,14-16H2,1H3,(H,25,27). The van der Waals surface area contributed by atoms with E-state index in [1.807, 2.05) is 29.2 Å². The van der Waals surface area contributed by atoms with Crippen LogP contribution in [-0.4, -0.2) is 29.3 Å². The zero-order valence-corrected chi connectivity index (χ0v) is 16.3. The smallest absolute Gasteiger partial charge is 0.254 e. The Morgan fingerprint density at radius 1 is 1.00 bits per heavy atom. The van der Waals surface area contributed by atoms with Gasteiger partial charge >= 0.3 is 0 Å². The van der Waals surface area contributed by atoms with Crippen molar-refractivity contribution in [2.45, 2.75) is 51.6 Å². The molecule has 28 heavy (non-hydrogen) atoms. The minimum absolute atomic E-state index is 0.0417. The molecule has 0 bridgehead atoms. The normalized spacial score (nSPS) is 14.1. The number of benzene rings is 2. The summed E-state index contributed by atoms with van der Waals surface area (Å²) < 4.78 is 13.1. The van der Waals surface area contributed by atoms with E-state index in [0.29, 0.717) is 25.1 Å². The zero-order valence-electron chi connectivity index (χ0n) is 16.3. The Bertz CT molecular complexity index is 796. The molecule has 1 fully saturated rings. The van der Waals surface area contributed by atoms with Crippen LogP contribution < -0.4 is 5.32 Å². The van der Waals surface area contributed by atoms with Crippen molar-refractivity contribution in [3.05, 3.63) is 71.0 Å². The van der Waals surface area contributed by atoms with Gasteiger partial charge in [-0.3, -0.25) is 9.59 Å². The van der Waals surface area contributed by atoms with E-state index in [2.05, 4.69) is 5.32 Å². The molecule has 5 heteroatoms. The molecule has 2 aromatic rings. The Morgan fingerprint density at radius 3 is 2.21 bits per heavy atom. The monoisotopic (exact) mass is 382 g/mol. The van der Waals surface area contributed by atoms with E-state index in [1.54, 1.807) is 12.1 Å². The predicted molar refractivity (Wildman–Crippen MR) is 107 cm³/mol. The lowest BCUT2D eigenvalue weighted by molar-refractivity contribution is -0.119. The van der Waals surface area contributed by atoms with Crippen LogP contribution in [0.5, 0.6) is 0 Å². The number of halogens is 1. The Morgan fingerprint density at radius 2 is 1.61 bits per heavy atom. The third kappa shape index (κ3) is 5.41. The summed E-state index contributed by atoms with van der Waals surface area (Å²) in [6, 6.07) is 14.2.